The molecule has 1 heterocycles. The van der Waals surface area contributed by atoms with Crippen molar-refractivity contribution in [1.29, 1.82) is 0 Å². The van der Waals surface area contributed by atoms with Crippen molar-refractivity contribution in [2.45, 2.75) is 13.8 Å². The molecule has 0 bridgehead atoms. The molecule has 68 valence electrons. The molecule has 2 nitrogen and oxygen atoms in total. The minimum absolute atomic E-state index is 0.679. The van der Waals surface area contributed by atoms with Gasteiger partial charge in [-0.25, -0.2) is 4.98 Å². The molecular weight excluding hydrogens is 182 g/mol. The fourth-order valence-corrected chi connectivity index (χ4v) is 2.17. The number of rotatable bonds is 2. The molecule has 0 saturated carbocycles. The van der Waals surface area contributed by atoms with Crippen LogP contribution in [0.3, 0.4) is 0 Å². The summed E-state index contributed by atoms with van der Waals surface area (Å²) in [4.78, 5) is 4.34. The molecule has 0 aliphatic rings. The van der Waals surface area contributed by atoms with Crippen molar-refractivity contribution in [2.75, 3.05) is 6.61 Å². The molecule has 0 atom stereocenters. The highest BCUT2D eigenvalue weighted by molar-refractivity contribution is 7.20. The number of nitrogens with zero attached hydrogens (tertiary/aromatic N) is 1. The second kappa shape index (κ2) is 3.34. The molecule has 13 heavy (non-hydrogen) atoms. The normalized spacial score (nSPS) is 10.6. The smallest absolute Gasteiger partial charge is 0.274 e. The number of aromatic nitrogens is 1. The maximum atomic E-state index is 5.34. The van der Waals surface area contributed by atoms with E-state index in [2.05, 4.69) is 24.0 Å². The monoisotopic (exact) mass is 193 g/mol. The van der Waals surface area contributed by atoms with Crippen molar-refractivity contribution in [3.8, 4) is 5.19 Å². The van der Waals surface area contributed by atoms with E-state index in [4.69, 9.17) is 4.74 Å². The molecule has 1 aromatic carbocycles. The van der Waals surface area contributed by atoms with Crippen LogP contribution in [0.4, 0.5) is 0 Å². The van der Waals surface area contributed by atoms with Crippen molar-refractivity contribution >= 4 is 21.6 Å². The van der Waals surface area contributed by atoms with E-state index in [0.717, 1.165) is 10.7 Å². The summed E-state index contributed by atoms with van der Waals surface area (Å²) in [6, 6.07) is 6.23. The van der Waals surface area contributed by atoms with Crippen molar-refractivity contribution in [2.24, 2.45) is 0 Å². The summed E-state index contributed by atoms with van der Waals surface area (Å²) < 4.78 is 6.54. The summed E-state index contributed by atoms with van der Waals surface area (Å²) in [6.45, 7) is 4.73. The number of fused-ring (bicyclic) bond motifs is 1. The number of ether oxygens (including phenoxy) is 1. The Labute approximate surface area is 81.2 Å². The predicted octanol–water partition coefficient (Wildman–Crippen LogP) is 3.00. The number of hydrogen-bond donors (Lipinski definition) is 0. The van der Waals surface area contributed by atoms with E-state index < -0.39 is 0 Å². The molecule has 0 saturated heterocycles. The lowest BCUT2D eigenvalue weighted by molar-refractivity contribution is 0.339. The van der Waals surface area contributed by atoms with Gasteiger partial charge in [0.15, 0.2) is 0 Å². The third-order valence-corrected chi connectivity index (χ3v) is 2.72. The number of hydrogen-bond acceptors (Lipinski definition) is 3. The van der Waals surface area contributed by atoms with Crippen LogP contribution < -0.4 is 4.74 Å². The molecule has 2 rings (SSSR count). The maximum Gasteiger partial charge on any atom is 0.274 e. The van der Waals surface area contributed by atoms with Gasteiger partial charge in [0.1, 0.15) is 0 Å². The first-order valence-corrected chi connectivity index (χ1v) is 5.11. The molecule has 3 heteroatoms. The van der Waals surface area contributed by atoms with Gasteiger partial charge in [-0.15, -0.1) is 0 Å². The van der Waals surface area contributed by atoms with Crippen molar-refractivity contribution in [1.82, 2.24) is 4.98 Å². The molecular formula is C10H11NOS. The molecule has 0 N–H and O–H groups in total. The predicted molar refractivity (Wildman–Crippen MR) is 55.5 cm³/mol. The van der Waals surface area contributed by atoms with Gasteiger partial charge in [0.25, 0.3) is 5.19 Å². The van der Waals surface area contributed by atoms with Gasteiger partial charge in [0, 0.05) is 0 Å². The van der Waals surface area contributed by atoms with Gasteiger partial charge in [0.05, 0.1) is 16.8 Å². The van der Waals surface area contributed by atoms with Gasteiger partial charge in [-0.05, 0) is 31.5 Å². The molecule has 0 fully saturated rings. The highest BCUT2D eigenvalue weighted by Gasteiger charge is 2.03. The summed E-state index contributed by atoms with van der Waals surface area (Å²) in [5, 5.41) is 0.767. The van der Waals surface area contributed by atoms with Crippen LogP contribution in [-0.4, -0.2) is 11.6 Å². The zero-order chi connectivity index (χ0) is 9.26. The van der Waals surface area contributed by atoms with Crippen LogP contribution in [-0.2, 0) is 0 Å². The van der Waals surface area contributed by atoms with Crippen LogP contribution in [0.25, 0.3) is 10.2 Å². The molecule has 0 unspecified atom stereocenters. The lowest BCUT2D eigenvalue weighted by Crippen LogP contribution is -1.88. The number of aryl methyl sites for hydroxylation is 1. The fourth-order valence-electron chi connectivity index (χ4n) is 1.20. The molecule has 0 spiro atoms. The Morgan fingerprint density at radius 3 is 3.08 bits per heavy atom. The van der Waals surface area contributed by atoms with E-state index >= 15 is 0 Å². The van der Waals surface area contributed by atoms with Gasteiger partial charge >= 0.3 is 0 Å². The topological polar surface area (TPSA) is 22.1 Å². The van der Waals surface area contributed by atoms with Crippen molar-refractivity contribution in [3.05, 3.63) is 23.8 Å². The maximum absolute atomic E-state index is 5.34. The third-order valence-electron chi connectivity index (χ3n) is 1.79. The fraction of sp³-hybridized carbons (Fsp3) is 0.300. The van der Waals surface area contributed by atoms with E-state index in [1.165, 1.54) is 10.3 Å². The minimum atomic E-state index is 0.679. The van der Waals surface area contributed by atoms with Gasteiger partial charge in [-0.2, -0.15) is 0 Å². The molecule has 1 aromatic heterocycles. The quantitative estimate of drug-likeness (QED) is 0.731. The Balaban J connectivity index is 2.49. The molecule has 0 aliphatic heterocycles. The van der Waals surface area contributed by atoms with Crippen LogP contribution in [0, 0.1) is 6.92 Å². The minimum Gasteiger partial charge on any atom is -0.470 e. The zero-order valence-electron chi connectivity index (χ0n) is 7.70. The van der Waals surface area contributed by atoms with Gasteiger partial charge in [-0.3, -0.25) is 0 Å². The van der Waals surface area contributed by atoms with Gasteiger partial charge < -0.3 is 4.74 Å². The van der Waals surface area contributed by atoms with E-state index in [9.17, 15) is 0 Å². The standard InChI is InChI=1S/C10H11NOS/c1-3-12-10-11-8-5-4-7(2)6-9(8)13-10/h4-6H,3H2,1-2H3. The molecule has 0 amide bonds. The number of benzene rings is 1. The Morgan fingerprint density at radius 1 is 1.46 bits per heavy atom. The zero-order valence-corrected chi connectivity index (χ0v) is 8.52. The second-order valence-electron chi connectivity index (χ2n) is 2.88. The summed E-state index contributed by atoms with van der Waals surface area (Å²) in [5.41, 5.74) is 2.29. The summed E-state index contributed by atoms with van der Waals surface area (Å²) >= 11 is 1.60. The van der Waals surface area contributed by atoms with E-state index in [1.54, 1.807) is 11.3 Å². The second-order valence-corrected chi connectivity index (χ2v) is 3.88. The van der Waals surface area contributed by atoms with Crippen LogP contribution in [0.1, 0.15) is 12.5 Å². The Morgan fingerprint density at radius 2 is 2.31 bits per heavy atom. The van der Waals surface area contributed by atoms with Crippen LogP contribution in [0.5, 0.6) is 5.19 Å². The van der Waals surface area contributed by atoms with Crippen LogP contribution in [0.15, 0.2) is 18.2 Å². The van der Waals surface area contributed by atoms with Crippen LogP contribution in [0.2, 0.25) is 0 Å². The molecule has 0 radical (unpaired) electrons. The lowest BCUT2D eigenvalue weighted by atomic mass is 10.2. The summed E-state index contributed by atoms with van der Waals surface area (Å²) in [5.74, 6) is 0. The van der Waals surface area contributed by atoms with Crippen molar-refractivity contribution < 1.29 is 4.74 Å². The van der Waals surface area contributed by atoms with E-state index in [-0.39, 0.29) is 0 Å². The summed E-state index contributed by atoms with van der Waals surface area (Å²) in [7, 11) is 0. The first kappa shape index (κ1) is 8.51. The first-order chi connectivity index (χ1) is 6.29. The Bertz CT molecular complexity index is 422. The first-order valence-electron chi connectivity index (χ1n) is 4.29. The molecule has 2 aromatic rings. The van der Waals surface area contributed by atoms with Gasteiger partial charge in [0.2, 0.25) is 0 Å². The van der Waals surface area contributed by atoms with E-state index in [1.807, 2.05) is 13.0 Å². The summed E-state index contributed by atoms with van der Waals surface area (Å²) in [6.07, 6.45) is 0. The SMILES string of the molecule is CCOc1nc2ccc(C)cc2s1. The average molecular weight is 193 g/mol. The third kappa shape index (κ3) is 1.65. The Hall–Kier alpha value is -1.09. The van der Waals surface area contributed by atoms with Gasteiger partial charge in [-0.1, -0.05) is 17.4 Å². The number of thiazole rings is 1. The molecule has 0 aliphatic carbocycles. The largest absolute Gasteiger partial charge is 0.470 e. The highest BCUT2D eigenvalue weighted by Crippen LogP contribution is 2.28. The lowest BCUT2D eigenvalue weighted by Gasteiger charge is -1.92. The Kier molecular flexibility index (Phi) is 2.19. The average Bonchev–Trinajstić information content (AvgIpc) is 2.46. The van der Waals surface area contributed by atoms with Crippen LogP contribution >= 0.6 is 11.3 Å². The van der Waals surface area contributed by atoms with E-state index in [0.29, 0.717) is 6.61 Å². The highest BCUT2D eigenvalue weighted by atomic mass is 32.1. The van der Waals surface area contributed by atoms with Crippen molar-refractivity contribution in [3.63, 3.8) is 0 Å².